The lowest BCUT2D eigenvalue weighted by Crippen LogP contribution is -2.14. The summed E-state index contributed by atoms with van der Waals surface area (Å²) < 4.78 is 33.1. The summed E-state index contributed by atoms with van der Waals surface area (Å²) in [5.41, 5.74) is 0.919. The summed E-state index contributed by atoms with van der Waals surface area (Å²) in [5, 5.41) is 2.63. The molecule has 8 heteroatoms. The zero-order chi connectivity index (χ0) is 17.9. The molecule has 0 unspecified atom stereocenters. The van der Waals surface area contributed by atoms with Gasteiger partial charge >= 0.3 is 0 Å². The van der Waals surface area contributed by atoms with E-state index < -0.39 is 15.9 Å². The van der Waals surface area contributed by atoms with Crippen molar-refractivity contribution in [2.45, 2.75) is 4.90 Å². The number of amides is 1. The second-order valence-corrected chi connectivity index (χ2v) is 7.67. The molecule has 3 rings (SSSR count). The molecule has 0 aliphatic carbocycles. The Morgan fingerprint density at radius 3 is 2.16 bits per heavy atom. The summed E-state index contributed by atoms with van der Waals surface area (Å²) >= 11 is 3.29. The molecular formula is C17H13BrN2O4S. The number of rotatable bonds is 5. The number of carbonyl (C=O) groups is 1. The summed E-state index contributed by atoms with van der Waals surface area (Å²) in [6.07, 6.45) is 1.40. The van der Waals surface area contributed by atoms with Gasteiger partial charge in [-0.3, -0.25) is 9.52 Å². The quantitative estimate of drug-likeness (QED) is 0.650. The highest BCUT2D eigenvalue weighted by molar-refractivity contribution is 9.10. The van der Waals surface area contributed by atoms with Gasteiger partial charge in [-0.2, -0.15) is 0 Å². The van der Waals surface area contributed by atoms with E-state index in [0.717, 1.165) is 4.47 Å². The number of hydrogen-bond acceptors (Lipinski definition) is 4. The Bertz CT molecular complexity index is 967. The molecule has 0 saturated carbocycles. The van der Waals surface area contributed by atoms with E-state index in [1.54, 1.807) is 30.3 Å². The number of anilines is 2. The Morgan fingerprint density at radius 2 is 1.56 bits per heavy atom. The Hall–Kier alpha value is -2.58. The second kappa shape index (κ2) is 7.12. The van der Waals surface area contributed by atoms with Crippen molar-refractivity contribution in [3.05, 3.63) is 77.2 Å². The van der Waals surface area contributed by atoms with Gasteiger partial charge in [0.05, 0.1) is 11.2 Å². The fraction of sp³-hybridized carbons (Fsp3) is 0. The molecule has 2 aromatic carbocycles. The van der Waals surface area contributed by atoms with Crippen LogP contribution in [0.2, 0.25) is 0 Å². The maximum Gasteiger partial charge on any atom is 0.291 e. The monoisotopic (exact) mass is 420 g/mol. The molecule has 0 fully saturated rings. The molecule has 0 saturated heterocycles. The molecule has 0 radical (unpaired) electrons. The van der Waals surface area contributed by atoms with Crippen LogP contribution in [0.1, 0.15) is 10.6 Å². The predicted octanol–water partition coefficient (Wildman–Crippen LogP) is 4.10. The molecule has 128 valence electrons. The third-order valence-electron chi connectivity index (χ3n) is 3.26. The van der Waals surface area contributed by atoms with Gasteiger partial charge < -0.3 is 9.73 Å². The van der Waals surface area contributed by atoms with Gasteiger partial charge in [0.25, 0.3) is 15.9 Å². The summed E-state index contributed by atoms with van der Waals surface area (Å²) in [4.78, 5) is 12.0. The van der Waals surface area contributed by atoms with Gasteiger partial charge in [0.1, 0.15) is 0 Å². The fourth-order valence-corrected chi connectivity index (χ4v) is 3.37. The fourth-order valence-electron chi connectivity index (χ4n) is 2.05. The Labute approximate surface area is 153 Å². The lowest BCUT2D eigenvalue weighted by Gasteiger charge is -2.09. The normalized spacial score (nSPS) is 11.1. The molecule has 0 atom stereocenters. The number of hydrogen-bond donors (Lipinski definition) is 2. The smallest absolute Gasteiger partial charge is 0.291 e. The van der Waals surface area contributed by atoms with E-state index in [1.165, 1.54) is 36.6 Å². The van der Waals surface area contributed by atoms with Gasteiger partial charge in [-0.15, -0.1) is 0 Å². The zero-order valence-corrected chi connectivity index (χ0v) is 15.2. The summed E-state index contributed by atoms with van der Waals surface area (Å²) in [5.74, 6) is -0.234. The highest BCUT2D eigenvalue weighted by Crippen LogP contribution is 2.20. The van der Waals surface area contributed by atoms with Gasteiger partial charge in [-0.1, -0.05) is 15.9 Å². The highest BCUT2D eigenvalue weighted by atomic mass is 79.9. The number of furan rings is 1. The van der Waals surface area contributed by atoms with Crippen LogP contribution in [0.5, 0.6) is 0 Å². The molecule has 25 heavy (non-hydrogen) atoms. The van der Waals surface area contributed by atoms with E-state index in [2.05, 4.69) is 26.0 Å². The molecule has 1 amide bonds. The molecule has 2 N–H and O–H groups in total. The van der Waals surface area contributed by atoms with Crippen LogP contribution in [0.3, 0.4) is 0 Å². The van der Waals surface area contributed by atoms with Crippen LogP contribution in [0.25, 0.3) is 0 Å². The van der Waals surface area contributed by atoms with Gasteiger partial charge in [0.2, 0.25) is 0 Å². The minimum Gasteiger partial charge on any atom is -0.459 e. The van der Waals surface area contributed by atoms with Crippen molar-refractivity contribution in [1.29, 1.82) is 0 Å². The number of halogens is 1. The SMILES string of the molecule is O=C(Nc1ccc(S(=O)(=O)Nc2ccc(Br)cc2)cc1)c1ccco1. The first kappa shape index (κ1) is 17.2. The molecule has 6 nitrogen and oxygen atoms in total. The Balaban J connectivity index is 1.72. The van der Waals surface area contributed by atoms with Gasteiger partial charge in [-0.05, 0) is 60.7 Å². The Kier molecular flexibility index (Phi) is 4.91. The third kappa shape index (κ3) is 4.28. The molecule has 3 aromatic rings. The number of nitrogens with one attached hydrogen (secondary N) is 2. The molecular weight excluding hydrogens is 408 g/mol. The summed E-state index contributed by atoms with van der Waals surface area (Å²) in [6.45, 7) is 0. The van der Waals surface area contributed by atoms with E-state index >= 15 is 0 Å². The van der Waals surface area contributed by atoms with Crippen LogP contribution in [0.4, 0.5) is 11.4 Å². The van der Waals surface area contributed by atoms with Crippen LogP contribution >= 0.6 is 15.9 Å². The highest BCUT2D eigenvalue weighted by Gasteiger charge is 2.15. The average Bonchev–Trinajstić information content (AvgIpc) is 3.12. The van der Waals surface area contributed by atoms with Gasteiger partial charge in [0, 0.05) is 15.8 Å². The molecule has 1 heterocycles. The van der Waals surface area contributed by atoms with Crippen molar-refractivity contribution in [3.8, 4) is 0 Å². The molecule has 0 spiro atoms. The van der Waals surface area contributed by atoms with Crippen LogP contribution in [0, 0.1) is 0 Å². The standard InChI is InChI=1S/C17H13BrN2O4S/c18-12-3-5-14(6-4-12)20-25(22,23)15-9-7-13(8-10-15)19-17(21)16-2-1-11-24-16/h1-11,20H,(H,19,21). The van der Waals surface area contributed by atoms with E-state index in [9.17, 15) is 13.2 Å². The van der Waals surface area contributed by atoms with Crippen molar-refractivity contribution in [1.82, 2.24) is 0 Å². The first-order chi connectivity index (χ1) is 11.9. The first-order valence-electron chi connectivity index (χ1n) is 7.17. The molecule has 0 aliphatic heterocycles. The van der Waals surface area contributed by atoms with Crippen LogP contribution in [-0.4, -0.2) is 14.3 Å². The summed E-state index contributed by atoms with van der Waals surface area (Å²) in [7, 11) is -3.71. The second-order valence-electron chi connectivity index (χ2n) is 5.07. The van der Waals surface area contributed by atoms with E-state index in [4.69, 9.17) is 4.42 Å². The van der Waals surface area contributed by atoms with Crippen molar-refractivity contribution in [2.24, 2.45) is 0 Å². The van der Waals surface area contributed by atoms with Crippen LogP contribution in [-0.2, 0) is 10.0 Å². The predicted molar refractivity (Wildman–Crippen MR) is 98.1 cm³/mol. The average molecular weight is 421 g/mol. The van der Waals surface area contributed by atoms with Crippen molar-refractivity contribution in [3.63, 3.8) is 0 Å². The van der Waals surface area contributed by atoms with E-state index in [-0.39, 0.29) is 10.7 Å². The van der Waals surface area contributed by atoms with Gasteiger partial charge in [-0.25, -0.2) is 8.42 Å². The maximum absolute atomic E-state index is 12.4. The van der Waals surface area contributed by atoms with Gasteiger partial charge in [0.15, 0.2) is 5.76 Å². The zero-order valence-electron chi connectivity index (χ0n) is 12.8. The lowest BCUT2D eigenvalue weighted by atomic mass is 10.3. The summed E-state index contributed by atoms with van der Waals surface area (Å²) in [6, 6.07) is 15.8. The minimum absolute atomic E-state index is 0.0893. The number of carbonyl (C=O) groups excluding carboxylic acids is 1. The largest absolute Gasteiger partial charge is 0.459 e. The van der Waals surface area contributed by atoms with Crippen molar-refractivity contribution >= 4 is 43.2 Å². The third-order valence-corrected chi connectivity index (χ3v) is 5.19. The van der Waals surface area contributed by atoms with E-state index in [0.29, 0.717) is 11.4 Å². The van der Waals surface area contributed by atoms with Crippen LogP contribution in [0.15, 0.2) is 80.7 Å². The van der Waals surface area contributed by atoms with Crippen LogP contribution < -0.4 is 10.0 Å². The first-order valence-corrected chi connectivity index (χ1v) is 9.45. The number of benzene rings is 2. The minimum atomic E-state index is -3.71. The van der Waals surface area contributed by atoms with Crippen molar-refractivity contribution < 1.29 is 17.6 Å². The Morgan fingerprint density at radius 1 is 0.920 bits per heavy atom. The number of sulfonamides is 1. The molecule has 1 aromatic heterocycles. The lowest BCUT2D eigenvalue weighted by molar-refractivity contribution is 0.0996. The molecule has 0 aliphatic rings. The topological polar surface area (TPSA) is 88.4 Å². The van der Waals surface area contributed by atoms with E-state index in [1.807, 2.05) is 0 Å². The molecule has 0 bridgehead atoms. The van der Waals surface area contributed by atoms with Crippen molar-refractivity contribution in [2.75, 3.05) is 10.0 Å². The maximum atomic E-state index is 12.4.